The Labute approximate surface area is 144 Å². The lowest BCUT2D eigenvalue weighted by atomic mass is 10.1. The molecule has 0 atom stereocenters. The van der Waals surface area contributed by atoms with Crippen molar-refractivity contribution in [1.29, 1.82) is 0 Å². The third-order valence-electron chi connectivity index (χ3n) is 3.93. The Kier molecular flexibility index (Phi) is 4.13. The van der Waals surface area contributed by atoms with Crippen molar-refractivity contribution in [2.24, 2.45) is 0 Å². The second kappa shape index (κ2) is 6.01. The molecular weight excluding hydrogens is 330 g/mol. The zero-order valence-electron chi connectivity index (χ0n) is 14.4. The number of hydrogen-bond acceptors (Lipinski definition) is 6. The molecule has 1 aliphatic heterocycles. The van der Waals surface area contributed by atoms with E-state index in [0.717, 1.165) is 12.8 Å². The van der Waals surface area contributed by atoms with E-state index in [-0.39, 0.29) is 23.5 Å². The second-order valence-electron chi connectivity index (χ2n) is 7.39. The number of ether oxygens (including phenoxy) is 1. The Balaban J connectivity index is 1.66. The Bertz CT molecular complexity index is 712. The summed E-state index contributed by atoms with van der Waals surface area (Å²) in [6.07, 6.45) is 2.58. The Hall–Kier alpha value is -2.65. The van der Waals surface area contributed by atoms with Gasteiger partial charge in [0.1, 0.15) is 11.8 Å². The number of rotatable bonds is 4. The summed E-state index contributed by atoms with van der Waals surface area (Å²) in [6, 6.07) is -0.127. The average molecular weight is 351 g/mol. The van der Waals surface area contributed by atoms with Gasteiger partial charge in [0, 0.05) is 19.1 Å². The van der Waals surface area contributed by atoms with Gasteiger partial charge in [-0.25, -0.2) is 4.79 Å². The van der Waals surface area contributed by atoms with E-state index in [1.807, 2.05) is 0 Å². The highest BCUT2D eigenvalue weighted by Gasteiger charge is 2.38. The molecule has 136 valence electrons. The molecular formula is C15H21N5O5. The molecule has 0 spiro atoms. The van der Waals surface area contributed by atoms with Crippen LogP contribution in [0.3, 0.4) is 0 Å². The number of hydrogen-bond donors (Lipinski definition) is 1. The number of nitrogens with one attached hydrogen (secondary N) is 1. The molecule has 1 saturated carbocycles. The maximum Gasteiger partial charge on any atom is 0.410 e. The van der Waals surface area contributed by atoms with Crippen molar-refractivity contribution in [1.82, 2.24) is 20.0 Å². The molecule has 10 nitrogen and oxygen atoms in total. The molecule has 1 aromatic rings. The molecule has 1 N–H and O–H groups in total. The number of nitro groups is 1. The van der Waals surface area contributed by atoms with Crippen LogP contribution < -0.4 is 5.32 Å². The first-order chi connectivity index (χ1) is 11.6. The zero-order valence-corrected chi connectivity index (χ0v) is 14.4. The molecule has 0 unspecified atom stereocenters. The van der Waals surface area contributed by atoms with Crippen LogP contribution in [0.15, 0.2) is 6.20 Å². The summed E-state index contributed by atoms with van der Waals surface area (Å²) < 4.78 is 6.66. The van der Waals surface area contributed by atoms with Crippen molar-refractivity contribution in [2.75, 3.05) is 13.1 Å². The first-order valence-electron chi connectivity index (χ1n) is 8.16. The van der Waals surface area contributed by atoms with Crippen molar-refractivity contribution >= 4 is 17.7 Å². The molecule has 2 heterocycles. The summed E-state index contributed by atoms with van der Waals surface area (Å²) in [4.78, 5) is 36.1. The Morgan fingerprint density at radius 1 is 1.36 bits per heavy atom. The maximum atomic E-state index is 12.1. The molecule has 1 aliphatic carbocycles. The van der Waals surface area contributed by atoms with Gasteiger partial charge in [-0.1, -0.05) is 0 Å². The van der Waals surface area contributed by atoms with E-state index in [0.29, 0.717) is 13.1 Å². The highest BCUT2D eigenvalue weighted by Crippen LogP contribution is 2.27. The fourth-order valence-electron chi connectivity index (χ4n) is 2.44. The first kappa shape index (κ1) is 17.2. The lowest BCUT2D eigenvalue weighted by Gasteiger charge is -2.39. The van der Waals surface area contributed by atoms with E-state index in [1.54, 1.807) is 20.8 Å². The highest BCUT2D eigenvalue weighted by molar-refractivity contribution is 5.96. The van der Waals surface area contributed by atoms with Gasteiger partial charge in [-0.2, -0.15) is 5.10 Å². The van der Waals surface area contributed by atoms with Crippen LogP contribution in [0.1, 0.15) is 50.1 Å². The minimum Gasteiger partial charge on any atom is -0.444 e. The number of aromatic nitrogens is 2. The van der Waals surface area contributed by atoms with Gasteiger partial charge in [-0.3, -0.25) is 19.6 Å². The van der Waals surface area contributed by atoms with Gasteiger partial charge < -0.3 is 15.0 Å². The summed E-state index contributed by atoms with van der Waals surface area (Å²) >= 11 is 0. The molecule has 2 aliphatic rings. The van der Waals surface area contributed by atoms with Crippen molar-refractivity contribution in [3.63, 3.8) is 0 Å². The number of carbonyl (C=O) groups is 2. The number of amides is 2. The minimum atomic E-state index is -0.615. The van der Waals surface area contributed by atoms with Gasteiger partial charge in [-0.05, 0) is 33.6 Å². The predicted molar refractivity (Wildman–Crippen MR) is 86.2 cm³/mol. The van der Waals surface area contributed by atoms with Crippen LogP contribution in [-0.4, -0.2) is 56.3 Å². The van der Waals surface area contributed by atoms with E-state index < -0.39 is 22.5 Å². The van der Waals surface area contributed by atoms with Gasteiger partial charge >= 0.3 is 11.8 Å². The molecule has 25 heavy (non-hydrogen) atoms. The SMILES string of the molecule is CC(C)(C)OC(=O)N1CC(n2cc([N+](=O)[O-])c(C(=O)NC3CC3)n2)C1. The molecule has 0 bridgehead atoms. The first-order valence-corrected chi connectivity index (χ1v) is 8.16. The predicted octanol–water partition coefficient (Wildman–Crippen LogP) is 1.48. The zero-order chi connectivity index (χ0) is 18.4. The van der Waals surface area contributed by atoms with Gasteiger partial charge in [0.2, 0.25) is 5.69 Å². The highest BCUT2D eigenvalue weighted by atomic mass is 16.6. The molecule has 2 fully saturated rings. The van der Waals surface area contributed by atoms with Gasteiger partial charge in [-0.15, -0.1) is 0 Å². The third kappa shape index (κ3) is 3.89. The maximum absolute atomic E-state index is 12.1. The van der Waals surface area contributed by atoms with Crippen LogP contribution in [0.5, 0.6) is 0 Å². The van der Waals surface area contributed by atoms with Crippen LogP contribution in [-0.2, 0) is 4.74 Å². The summed E-state index contributed by atoms with van der Waals surface area (Å²) in [5.74, 6) is -0.531. The van der Waals surface area contributed by atoms with E-state index in [4.69, 9.17) is 4.74 Å². The molecule has 0 radical (unpaired) electrons. The van der Waals surface area contributed by atoms with Gasteiger partial charge in [0.25, 0.3) is 5.91 Å². The standard InChI is InChI=1S/C15H21N5O5/c1-15(2,3)25-14(22)18-6-10(7-18)19-8-11(20(23)24)12(17-19)13(21)16-9-4-5-9/h8-10H,4-7H2,1-3H3,(H,16,21). The summed E-state index contributed by atoms with van der Waals surface area (Å²) in [7, 11) is 0. The Morgan fingerprint density at radius 2 is 2.00 bits per heavy atom. The van der Waals surface area contributed by atoms with Crippen LogP contribution in [0.25, 0.3) is 0 Å². The second-order valence-corrected chi connectivity index (χ2v) is 7.39. The van der Waals surface area contributed by atoms with E-state index in [2.05, 4.69) is 10.4 Å². The monoisotopic (exact) mass is 351 g/mol. The fourth-order valence-corrected chi connectivity index (χ4v) is 2.44. The van der Waals surface area contributed by atoms with Crippen molar-refractivity contribution in [3.8, 4) is 0 Å². The number of carbonyl (C=O) groups excluding carboxylic acids is 2. The molecule has 1 saturated heterocycles. The molecule has 3 rings (SSSR count). The van der Waals surface area contributed by atoms with Gasteiger partial charge in [0.15, 0.2) is 0 Å². The average Bonchev–Trinajstić information content (AvgIpc) is 3.11. The summed E-state index contributed by atoms with van der Waals surface area (Å²) in [5.41, 5.74) is -1.10. The number of nitrogens with zero attached hydrogens (tertiary/aromatic N) is 4. The molecule has 1 aromatic heterocycles. The number of likely N-dealkylation sites (tertiary alicyclic amines) is 1. The van der Waals surface area contributed by atoms with Gasteiger partial charge in [0.05, 0.1) is 11.0 Å². The quantitative estimate of drug-likeness (QED) is 0.648. The lowest BCUT2D eigenvalue weighted by molar-refractivity contribution is -0.385. The van der Waals surface area contributed by atoms with Crippen LogP contribution in [0, 0.1) is 10.1 Å². The largest absolute Gasteiger partial charge is 0.444 e. The fraction of sp³-hybridized carbons (Fsp3) is 0.667. The van der Waals surface area contributed by atoms with Crippen molar-refractivity contribution < 1.29 is 19.2 Å². The minimum absolute atomic E-state index is 0.0867. The van der Waals surface area contributed by atoms with Crippen LogP contribution >= 0.6 is 0 Å². The van der Waals surface area contributed by atoms with Crippen LogP contribution in [0.2, 0.25) is 0 Å². The van der Waals surface area contributed by atoms with Crippen molar-refractivity contribution in [2.45, 2.75) is 51.3 Å². The third-order valence-corrected chi connectivity index (χ3v) is 3.93. The Morgan fingerprint density at radius 3 is 2.52 bits per heavy atom. The van der Waals surface area contributed by atoms with E-state index in [1.165, 1.54) is 15.8 Å². The van der Waals surface area contributed by atoms with E-state index in [9.17, 15) is 19.7 Å². The lowest BCUT2D eigenvalue weighted by Crippen LogP contribution is -2.52. The molecule has 0 aromatic carbocycles. The summed E-state index contributed by atoms with van der Waals surface area (Å²) in [5, 5.41) is 18.0. The molecule has 2 amide bonds. The van der Waals surface area contributed by atoms with Crippen molar-refractivity contribution in [3.05, 3.63) is 22.0 Å². The van der Waals surface area contributed by atoms with Crippen LogP contribution in [0.4, 0.5) is 10.5 Å². The summed E-state index contributed by atoms with van der Waals surface area (Å²) in [6.45, 7) is 6.01. The topological polar surface area (TPSA) is 120 Å². The normalized spacial score (nSPS) is 17.8. The molecule has 10 heteroatoms. The van der Waals surface area contributed by atoms with E-state index >= 15 is 0 Å². The smallest absolute Gasteiger partial charge is 0.410 e.